The van der Waals surface area contributed by atoms with Gasteiger partial charge in [-0.25, -0.2) is 19.9 Å². The minimum absolute atomic E-state index is 0.713. The van der Waals surface area contributed by atoms with Crippen LogP contribution >= 0.6 is 22.7 Å². The Labute approximate surface area is 494 Å². The van der Waals surface area contributed by atoms with E-state index in [1.807, 2.05) is 59.1 Å². The van der Waals surface area contributed by atoms with Gasteiger partial charge in [0.2, 0.25) is 0 Å². The number of anilines is 6. The molecule has 0 spiro atoms. The Morgan fingerprint density at radius 2 is 0.667 bits per heavy atom. The largest absolute Gasteiger partial charge is 0.310 e. The number of para-hydroxylation sites is 4. The van der Waals surface area contributed by atoms with Gasteiger partial charge in [-0.3, -0.25) is 0 Å². The molecule has 16 aromatic rings. The van der Waals surface area contributed by atoms with E-state index in [1.54, 1.807) is 0 Å². The van der Waals surface area contributed by atoms with E-state index in [1.165, 1.54) is 40.3 Å². The van der Waals surface area contributed by atoms with E-state index in [0.29, 0.717) is 11.6 Å². The van der Waals surface area contributed by atoms with Crippen molar-refractivity contribution in [2.75, 3.05) is 9.80 Å². The van der Waals surface area contributed by atoms with Gasteiger partial charge < -0.3 is 9.80 Å². The van der Waals surface area contributed by atoms with Gasteiger partial charge in [0.1, 0.15) is 0 Å². The van der Waals surface area contributed by atoms with Gasteiger partial charge in [-0.05, 0) is 103 Å². The third kappa shape index (κ3) is 9.45. The van der Waals surface area contributed by atoms with Crippen LogP contribution in [0.2, 0.25) is 0 Å². The Kier molecular flexibility index (Phi) is 13.2. The summed E-state index contributed by atoms with van der Waals surface area (Å²) >= 11 is 3.63. The zero-order valence-corrected chi connectivity index (χ0v) is 47.0. The molecule has 396 valence electrons. The van der Waals surface area contributed by atoms with Crippen LogP contribution in [0.25, 0.3) is 107 Å². The first-order chi connectivity index (χ1) is 41.7. The lowest BCUT2D eigenvalue weighted by Gasteiger charge is -2.25. The molecule has 0 radical (unpaired) electrons. The van der Waals surface area contributed by atoms with Crippen LogP contribution in [-0.2, 0) is 0 Å². The molecule has 0 unspecified atom stereocenters. The number of fused-ring (bicyclic) bond motifs is 10. The first-order valence-electron chi connectivity index (χ1n) is 28.0. The van der Waals surface area contributed by atoms with Gasteiger partial charge in [-0.2, -0.15) is 0 Å². The maximum absolute atomic E-state index is 5.31. The first-order valence-corrected chi connectivity index (χ1v) is 29.7. The topological polar surface area (TPSA) is 58.0 Å². The molecule has 0 saturated carbocycles. The Morgan fingerprint density at radius 3 is 1.21 bits per heavy atom. The van der Waals surface area contributed by atoms with Crippen molar-refractivity contribution in [2.45, 2.75) is 0 Å². The van der Waals surface area contributed by atoms with Crippen LogP contribution in [0.5, 0.6) is 0 Å². The number of hydrogen-bond acceptors (Lipinski definition) is 8. The summed E-state index contributed by atoms with van der Waals surface area (Å²) in [5.41, 5.74) is 14.4. The summed E-state index contributed by atoms with van der Waals surface area (Å²) in [6, 6.07) is 106. The van der Waals surface area contributed by atoms with E-state index in [4.69, 9.17) is 19.9 Å². The molecule has 0 aliphatic carbocycles. The van der Waals surface area contributed by atoms with Crippen LogP contribution in [0.15, 0.2) is 303 Å². The molecule has 0 atom stereocenters. The van der Waals surface area contributed by atoms with Crippen LogP contribution < -0.4 is 9.80 Å². The highest BCUT2D eigenvalue weighted by atomic mass is 32.1. The third-order valence-electron chi connectivity index (χ3n) is 15.3. The summed E-state index contributed by atoms with van der Waals surface area (Å²) in [5, 5.41) is 7.12. The summed E-state index contributed by atoms with van der Waals surface area (Å²) in [5.74, 6) is 1.43. The van der Waals surface area contributed by atoms with Crippen molar-refractivity contribution < 1.29 is 0 Å². The Morgan fingerprint density at radius 1 is 0.250 bits per heavy atom. The molecule has 6 nitrogen and oxygen atoms in total. The second kappa shape index (κ2) is 22.0. The van der Waals surface area contributed by atoms with E-state index in [2.05, 4.69) is 277 Å². The smallest absolute Gasteiger partial charge is 0.160 e. The maximum Gasteiger partial charge on any atom is 0.160 e. The highest BCUT2D eigenvalue weighted by Crippen LogP contribution is 2.45. The quantitative estimate of drug-likeness (QED) is 0.136. The third-order valence-corrected chi connectivity index (χ3v) is 17.6. The van der Waals surface area contributed by atoms with Crippen molar-refractivity contribution in [1.29, 1.82) is 0 Å². The van der Waals surface area contributed by atoms with Gasteiger partial charge in [0.15, 0.2) is 11.6 Å². The molecule has 0 bridgehead atoms. The van der Waals surface area contributed by atoms with E-state index in [0.717, 1.165) is 89.6 Å². The van der Waals surface area contributed by atoms with Gasteiger partial charge in [-0.1, -0.05) is 200 Å². The highest BCUT2D eigenvalue weighted by molar-refractivity contribution is 7.27. The first kappa shape index (κ1) is 50.3. The predicted octanol–water partition coefficient (Wildman–Crippen LogP) is 21.6. The Balaban J connectivity index is 0.000000143. The monoisotopic (exact) mass is 1110 g/mol. The minimum atomic E-state index is 0.713. The summed E-state index contributed by atoms with van der Waals surface area (Å²) < 4.78 is 5.01. The average molecular weight is 1110 g/mol. The molecule has 0 fully saturated rings. The van der Waals surface area contributed by atoms with E-state index >= 15 is 0 Å². The molecule has 0 N–H and O–H groups in total. The molecular formula is C76H50N6S2. The molecule has 4 heterocycles. The Hall–Kier alpha value is -10.6. The zero-order chi connectivity index (χ0) is 55.8. The second-order valence-corrected chi connectivity index (χ2v) is 22.6. The number of aromatic nitrogens is 4. The molecule has 8 heteroatoms. The standard InChI is InChI=1S/2C38H25N3S/c1-4-13-26(14-5-1)36-32-23-24-34-35(31-21-10-11-22-33(31)42-34)37(32)40-38(39-36)27-15-12-20-30(25-27)41(28-16-6-2-7-17-28)29-18-8-3-9-19-29;1-4-13-26(14-5-1)36-35-33(24-23-32-31-21-10-11-22-34(31)42-37(32)35)39-38(40-36)27-15-12-20-30(25-27)41(28-16-6-2-7-17-28)29-18-8-3-9-19-29/h2*1-25H. The van der Waals surface area contributed by atoms with Gasteiger partial charge in [0.05, 0.1) is 22.4 Å². The van der Waals surface area contributed by atoms with Crippen LogP contribution in [0.1, 0.15) is 0 Å². The van der Waals surface area contributed by atoms with Gasteiger partial charge in [0, 0.05) is 107 Å². The molecule has 84 heavy (non-hydrogen) atoms. The van der Waals surface area contributed by atoms with Crippen LogP contribution in [0, 0.1) is 0 Å². The number of rotatable bonds is 10. The minimum Gasteiger partial charge on any atom is -0.310 e. The van der Waals surface area contributed by atoms with Crippen LogP contribution in [-0.4, -0.2) is 19.9 Å². The van der Waals surface area contributed by atoms with Crippen LogP contribution in [0.4, 0.5) is 34.1 Å². The lowest BCUT2D eigenvalue weighted by atomic mass is 10.0. The van der Waals surface area contributed by atoms with Crippen LogP contribution in [0.3, 0.4) is 0 Å². The Bertz CT molecular complexity index is 4940. The van der Waals surface area contributed by atoms with Crippen molar-refractivity contribution in [3.63, 3.8) is 0 Å². The maximum atomic E-state index is 5.31. The molecule has 4 aromatic heterocycles. The van der Waals surface area contributed by atoms with Crippen molar-refractivity contribution >= 4 is 119 Å². The number of hydrogen-bond donors (Lipinski definition) is 0. The van der Waals surface area contributed by atoms with Crippen molar-refractivity contribution in [2.24, 2.45) is 0 Å². The fraction of sp³-hybridized carbons (Fsp3) is 0. The molecule has 0 aliphatic heterocycles. The second-order valence-electron chi connectivity index (χ2n) is 20.5. The summed E-state index contributed by atoms with van der Waals surface area (Å²) in [4.78, 5) is 25.5. The molecule has 0 saturated heterocycles. The number of benzene rings is 12. The summed E-state index contributed by atoms with van der Waals surface area (Å²) in [7, 11) is 0. The van der Waals surface area contributed by atoms with E-state index < -0.39 is 0 Å². The van der Waals surface area contributed by atoms with Crippen molar-refractivity contribution in [3.8, 4) is 45.3 Å². The lowest BCUT2D eigenvalue weighted by molar-refractivity contribution is 1.22. The molecule has 16 rings (SSSR count). The highest BCUT2D eigenvalue weighted by Gasteiger charge is 2.21. The summed E-state index contributed by atoms with van der Waals surface area (Å²) in [6.07, 6.45) is 0. The number of thiophene rings is 2. The zero-order valence-electron chi connectivity index (χ0n) is 45.4. The average Bonchev–Trinajstić information content (AvgIpc) is 2.57. The summed E-state index contributed by atoms with van der Waals surface area (Å²) in [6.45, 7) is 0. The fourth-order valence-corrected chi connectivity index (χ4v) is 13.8. The lowest BCUT2D eigenvalue weighted by Crippen LogP contribution is -2.09. The van der Waals surface area contributed by atoms with Gasteiger partial charge >= 0.3 is 0 Å². The van der Waals surface area contributed by atoms with Crippen molar-refractivity contribution in [3.05, 3.63) is 303 Å². The van der Waals surface area contributed by atoms with Gasteiger partial charge in [-0.15, -0.1) is 22.7 Å². The van der Waals surface area contributed by atoms with Gasteiger partial charge in [0.25, 0.3) is 0 Å². The normalized spacial score (nSPS) is 11.3. The molecule has 0 aliphatic rings. The molecular weight excluding hydrogens is 1060 g/mol. The fourth-order valence-electron chi connectivity index (χ4n) is 11.5. The van der Waals surface area contributed by atoms with E-state index in [9.17, 15) is 0 Å². The molecule has 0 amide bonds. The van der Waals surface area contributed by atoms with E-state index in [-0.39, 0.29) is 0 Å². The predicted molar refractivity (Wildman–Crippen MR) is 356 cm³/mol. The molecule has 12 aromatic carbocycles. The number of nitrogens with zero attached hydrogens (tertiary/aromatic N) is 6. The van der Waals surface area contributed by atoms with Crippen molar-refractivity contribution in [1.82, 2.24) is 19.9 Å². The SMILES string of the molecule is c1ccc(-c2nc(-c3cccc(N(c4ccccc4)c4ccccc4)c3)nc3c2ccc2sc4ccccc4c23)cc1.c1ccc(-c2nc(-c3cccc(N(c4ccccc4)c4ccccc4)c3)nc3ccc4c5ccccc5sc4c23)cc1.